The molecule has 2 heterocycles. The van der Waals surface area contributed by atoms with E-state index in [-0.39, 0.29) is 6.29 Å². The second kappa shape index (κ2) is 6.08. The number of hydrogen-bond acceptors (Lipinski definition) is 5. The van der Waals surface area contributed by atoms with Crippen molar-refractivity contribution < 1.29 is 9.47 Å². The number of nitrogens with zero attached hydrogens (tertiary/aromatic N) is 2. The summed E-state index contributed by atoms with van der Waals surface area (Å²) >= 11 is 3.38. The van der Waals surface area contributed by atoms with E-state index in [1.165, 1.54) is 0 Å². The molecule has 0 unspecified atom stereocenters. The summed E-state index contributed by atoms with van der Waals surface area (Å²) in [6, 6.07) is 3.81. The zero-order chi connectivity index (χ0) is 13.0. The monoisotopic (exact) mass is 311 g/mol. The fourth-order valence-electron chi connectivity index (χ4n) is 1.60. The number of methoxy groups -OCH3 is 2. The van der Waals surface area contributed by atoms with Crippen molar-refractivity contribution in [2.45, 2.75) is 6.29 Å². The van der Waals surface area contributed by atoms with E-state index >= 15 is 0 Å². The third kappa shape index (κ3) is 2.95. The molecule has 18 heavy (non-hydrogen) atoms. The van der Waals surface area contributed by atoms with Gasteiger partial charge in [-0.15, -0.1) is 0 Å². The van der Waals surface area contributed by atoms with Crippen LogP contribution >= 0.6 is 15.9 Å². The molecule has 0 aliphatic rings. The topological polar surface area (TPSA) is 56.3 Å². The highest BCUT2D eigenvalue weighted by Crippen LogP contribution is 2.21. The third-order valence-electron chi connectivity index (χ3n) is 2.53. The minimum absolute atomic E-state index is 0.288. The van der Waals surface area contributed by atoms with Gasteiger partial charge in [0.15, 0.2) is 6.29 Å². The lowest BCUT2D eigenvalue weighted by molar-refractivity contribution is -0.0913. The molecule has 0 saturated heterocycles. The second-order valence-electron chi connectivity index (χ2n) is 3.66. The van der Waals surface area contributed by atoms with Crippen molar-refractivity contribution in [3.8, 4) is 0 Å². The maximum absolute atomic E-state index is 5.12. The van der Waals surface area contributed by atoms with Crippen LogP contribution in [0.4, 0.5) is 5.69 Å². The van der Waals surface area contributed by atoms with Gasteiger partial charge in [0.1, 0.15) is 5.52 Å². The minimum atomic E-state index is -0.288. The van der Waals surface area contributed by atoms with Crippen LogP contribution in [-0.4, -0.2) is 37.0 Å². The van der Waals surface area contributed by atoms with Crippen molar-refractivity contribution in [2.24, 2.45) is 0 Å². The Morgan fingerprint density at radius 3 is 2.83 bits per heavy atom. The van der Waals surface area contributed by atoms with Gasteiger partial charge in [-0.3, -0.25) is 9.97 Å². The molecular formula is C12H14BrN3O2. The lowest BCUT2D eigenvalue weighted by atomic mass is 10.3. The Kier molecular flexibility index (Phi) is 4.46. The molecule has 6 heteroatoms. The summed E-state index contributed by atoms with van der Waals surface area (Å²) in [5.41, 5.74) is 2.57. The number of ether oxygens (including phenoxy) is 2. The van der Waals surface area contributed by atoms with Gasteiger partial charge in [-0.1, -0.05) is 0 Å². The molecule has 0 fully saturated rings. The number of pyridine rings is 2. The number of halogens is 1. The van der Waals surface area contributed by atoms with Crippen LogP contribution in [0.25, 0.3) is 11.0 Å². The maximum Gasteiger partial charge on any atom is 0.173 e. The first-order valence-corrected chi connectivity index (χ1v) is 6.23. The smallest absolute Gasteiger partial charge is 0.173 e. The van der Waals surface area contributed by atoms with E-state index in [0.717, 1.165) is 21.2 Å². The van der Waals surface area contributed by atoms with Gasteiger partial charge in [0.25, 0.3) is 0 Å². The van der Waals surface area contributed by atoms with Gasteiger partial charge in [-0.2, -0.15) is 0 Å². The second-order valence-corrected chi connectivity index (χ2v) is 4.58. The van der Waals surface area contributed by atoms with Crippen molar-refractivity contribution in [3.63, 3.8) is 0 Å². The first kappa shape index (κ1) is 13.2. The number of anilines is 1. The van der Waals surface area contributed by atoms with E-state index in [4.69, 9.17) is 9.47 Å². The summed E-state index contributed by atoms with van der Waals surface area (Å²) in [6.07, 6.45) is 3.20. The average molecular weight is 312 g/mol. The quantitative estimate of drug-likeness (QED) is 0.859. The van der Waals surface area contributed by atoms with Crippen LogP contribution < -0.4 is 5.32 Å². The molecule has 0 amide bonds. The van der Waals surface area contributed by atoms with Gasteiger partial charge in [0, 0.05) is 31.1 Å². The van der Waals surface area contributed by atoms with Crippen molar-refractivity contribution >= 4 is 32.7 Å². The van der Waals surface area contributed by atoms with Crippen molar-refractivity contribution in [2.75, 3.05) is 26.1 Å². The van der Waals surface area contributed by atoms with E-state index in [1.807, 2.05) is 12.1 Å². The summed E-state index contributed by atoms with van der Waals surface area (Å²) in [5.74, 6) is 0. The molecule has 1 N–H and O–H groups in total. The maximum atomic E-state index is 5.12. The third-order valence-corrected chi connectivity index (χ3v) is 2.96. The Morgan fingerprint density at radius 1 is 1.33 bits per heavy atom. The summed E-state index contributed by atoms with van der Waals surface area (Å²) in [5, 5.41) is 3.24. The summed E-state index contributed by atoms with van der Waals surface area (Å²) in [6.45, 7) is 0.545. The van der Waals surface area contributed by atoms with Crippen molar-refractivity contribution in [1.82, 2.24) is 9.97 Å². The molecule has 0 aliphatic carbocycles. The zero-order valence-corrected chi connectivity index (χ0v) is 11.8. The SMILES string of the molecule is COC(CNc1ccnc2cc(Br)cnc12)OC. The molecule has 0 saturated carbocycles. The van der Waals surface area contributed by atoms with E-state index in [2.05, 4.69) is 31.2 Å². The molecular weight excluding hydrogens is 298 g/mol. The van der Waals surface area contributed by atoms with E-state index in [1.54, 1.807) is 26.6 Å². The Labute approximate surface area is 114 Å². The fourth-order valence-corrected chi connectivity index (χ4v) is 1.92. The highest BCUT2D eigenvalue weighted by atomic mass is 79.9. The number of fused-ring (bicyclic) bond motifs is 1. The Morgan fingerprint density at radius 2 is 2.11 bits per heavy atom. The first-order valence-electron chi connectivity index (χ1n) is 5.44. The van der Waals surface area contributed by atoms with Crippen LogP contribution in [0.1, 0.15) is 0 Å². The molecule has 2 aromatic heterocycles. The largest absolute Gasteiger partial charge is 0.378 e. The van der Waals surface area contributed by atoms with E-state index in [0.29, 0.717) is 6.54 Å². The normalized spacial score (nSPS) is 11.1. The average Bonchev–Trinajstić information content (AvgIpc) is 2.39. The standard InChI is InChI=1S/C12H14BrN3O2/c1-17-11(18-2)7-15-9-3-4-14-10-5-8(13)6-16-12(9)10/h3-6,11H,7H2,1-2H3,(H,14,15). The van der Waals surface area contributed by atoms with Crippen molar-refractivity contribution in [3.05, 3.63) is 29.0 Å². The highest BCUT2D eigenvalue weighted by Gasteiger charge is 2.07. The lowest BCUT2D eigenvalue weighted by Crippen LogP contribution is -2.23. The molecule has 0 aromatic carbocycles. The number of hydrogen-bond donors (Lipinski definition) is 1. The Hall–Kier alpha value is -1.24. The van der Waals surface area contributed by atoms with Crippen LogP contribution in [0.5, 0.6) is 0 Å². The van der Waals surface area contributed by atoms with Gasteiger partial charge in [0.05, 0.1) is 17.7 Å². The van der Waals surface area contributed by atoms with Crippen molar-refractivity contribution in [1.29, 1.82) is 0 Å². The van der Waals surface area contributed by atoms with E-state index < -0.39 is 0 Å². The summed E-state index contributed by atoms with van der Waals surface area (Å²) in [4.78, 5) is 8.63. The number of aromatic nitrogens is 2. The molecule has 0 radical (unpaired) electrons. The predicted molar refractivity (Wildman–Crippen MR) is 73.5 cm³/mol. The molecule has 96 valence electrons. The Balaban J connectivity index is 2.23. The first-order chi connectivity index (χ1) is 8.74. The molecule has 0 spiro atoms. The minimum Gasteiger partial charge on any atom is -0.378 e. The van der Waals surface area contributed by atoms with Gasteiger partial charge >= 0.3 is 0 Å². The predicted octanol–water partition coefficient (Wildman–Crippen LogP) is 2.42. The van der Waals surface area contributed by atoms with Gasteiger partial charge in [0.2, 0.25) is 0 Å². The summed E-state index contributed by atoms with van der Waals surface area (Å²) < 4.78 is 11.2. The highest BCUT2D eigenvalue weighted by molar-refractivity contribution is 9.10. The van der Waals surface area contributed by atoms with Gasteiger partial charge in [-0.25, -0.2) is 0 Å². The lowest BCUT2D eigenvalue weighted by Gasteiger charge is -2.15. The van der Waals surface area contributed by atoms with Crippen LogP contribution in [0, 0.1) is 0 Å². The van der Waals surface area contributed by atoms with E-state index in [9.17, 15) is 0 Å². The fraction of sp³-hybridized carbons (Fsp3) is 0.333. The van der Waals surface area contributed by atoms with Crippen LogP contribution in [0.3, 0.4) is 0 Å². The van der Waals surface area contributed by atoms with Gasteiger partial charge < -0.3 is 14.8 Å². The summed E-state index contributed by atoms with van der Waals surface area (Å²) in [7, 11) is 3.21. The van der Waals surface area contributed by atoms with Gasteiger partial charge in [-0.05, 0) is 28.1 Å². The Bertz CT molecular complexity index is 532. The zero-order valence-electron chi connectivity index (χ0n) is 10.2. The molecule has 0 bridgehead atoms. The number of nitrogens with one attached hydrogen (secondary N) is 1. The molecule has 5 nitrogen and oxygen atoms in total. The molecule has 2 rings (SSSR count). The van der Waals surface area contributed by atoms with Crippen LogP contribution in [0.2, 0.25) is 0 Å². The molecule has 2 aromatic rings. The van der Waals surface area contributed by atoms with Crippen LogP contribution in [-0.2, 0) is 9.47 Å². The van der Waals surface area contributed by atoms with Crippen LogP contribution in [0.15, 0.2) is 29.0 Å². The molecule has 0 atom stereocenters. The number of rotatable bonds is 5. The molecule has 0 aliphatic heterocycles.